The van der Waals surface area contributed by atoms with E-state index in [4.69, 9.17) is 0 Å². The quantitative estimate of drug-likeness (QED) is 0.486. The van der Waals surface area contributed by atoms with Crippen molar-refractivity contribution in [1.29, 1.82) is 0 Å². The fourth-order valence-electron chi connectivity index (χ4n) is 0.183. The zero-order valence-corrected chi connectivity index (χ0v) is 6.23. The lowest BCUT2D eigenvalue weighted by atomic mass is 9.92. The van der Waals surface area contributed by atoms with Gasteiger partial charge < -0.3 is 0 Å². The molecule has 0 rings (SSSR count). The Hall–Kier alpha value is -0.330. The Kier molecular flexibility index (Phi) is 2.20. The van der Waals surface area contributed by atoms with Crippen molar-refractivity contribution < 1.29 is 0 Å². The Morgan fingerprint density at radius 2 is 1.75 bits per heavy atom. The largest absolute Gasteiger partial charge is 0.295 e. The van der Waals surface area contributed by atoms with Gasteiger partial charge in [-0.05, 0) is 26.5 Å². The third-order valence-electron chi connectivity index (χ3n) is 1.82. The van der Waals surface area contributed by atoms with Crippen molar-refractivity contribution in [3.05, 3.63) is 0 Å². The molecule has 0 aromatic rings. The van der Waals surface area contributed by atoms with E-state index in [9.17, 15) is 0 Å². The van der Waals surface area contributed by atoms with Crippen LogP contribution < -0.4 is 0 Å². The van der Waals surface area contributed by atoms with Gasteiger partial charge in [-0.3, -0.25) is 4.99 Å². The lowest BCUT2D eigenvalue weighted by Gasteiger charge is -2.22. The van der Waals surface area contributed by atoms with Crippen molar-refractivity contribution in [2.24, 2.45) is 10.9 Å². The van der Waals surface area contributed by atoms with E-state index in [2.05, 4.69) is 39.4 Å². The summed E-state index contributed by atoms with van der Waals surface area (Å²) in [6.45, 7) is 12.0. The highest BCUT2D eigenvalue weighted by molar-refractivity contribution is 5.25. The Bertz CT molecular complexity index is 82.4. The molecule has 0 heterocycles. The molecule has 0 amide bonds. The molecule has 0 radical (unpaired) electrons. The topological polar surface area (TPSA) is 12.4 Å². The molecule has 0 saturated heterocycles. The maximum absolute atomic E-state index is 3.97. The van der Waals surface area contributed by atoms with Crippen LogP contribution in [0.5, 0.6) is 0 Å². The first-order valence-corrected chi connectivity index (χ1v) is 2.98. The number of hydrogen-bond acceptors (Lipinski definition) is 1. The summed E-state index contributed by atoms with van der Waals surface area (Å²) in [4.78, 5) is 3.97. The first-order valence-electron chi connectivity index (χ1n) is 2.98. The second-order valence-corrected chi connectivity index (χ2v) is 2.97. The maximum Gasteiger partial charge on any atom is 0.0567 e. The van der Waals surface area contributed by atoms with Crippen LogP contribution in [0.15, 0.2) is 4.99 Å². The van der Waals surface area contributed by atoms with E-state index in [1.807, 2.05) is 0 Å². The molecule has 0 fully saturated rings. The Morgan fingerprint density at radius 3 is 1.75 bits per heavy atom. The van der Waals surface area contributed by atoms with E-state index in [1.165, 1.54) is 0 Å². The van der Waals surface area contributed by atoms with Crippen molar-refractivity contribution in [1.82, 2.24) is 0 Å². The summed E-state index contributed by atoms with van der Waals surface area (Å²) >= 11 is 0. The smallest absolute Gasteiger partial charge is 0.0567 e. The summed E-state index contributed by atoms with van der Waals surface area (Å²) < 4.78 is 0. The molecule has 0 aliphatic rings. The van der Waals surface area contributed by atoms with Crippen LogP contribution in [0, 0.1) is 5.92 Å². The van der Waals surface area contributed by atoms with Gasteiger partial charge in [0.05, 0.1) is 5.54 Å². The number of aliphatic imine (C=N–C) groups is 1. The Balaban J connectivity index is 3.90. The molecule has 8 heavy (non-hydrogen) atoms. The maximum atomic E-state index is 3.97. The summed E-state index contributed by atoms with van der Waals surface area (Å²) in [5.74, 6) is 0.583. The molecule has 48 valence electrons. The van der Waals surface area contributed by atoms with Gasteiger partial charge in [0.25, 0.3) is 0 Å². The highest BCUT2D eigenvalue weighted by Crippen LogP contribution is 2.18. The normalized spacial score (nSPS) is 12.1. The van der Waals surface area contributed by atoms with E-state index in [1.54, 1.807) is 0 Å². The molecular weight excluding hydrogens is 98.1 g/mol. The van der Waals surface area contributed by atoms with Crippen LogP contribution in [-0.4, -0.2) is 12.3 Å². The van der Waals surface area contributed by atoms with Crippen LogP contribution in [0.3, 0.4) is 0 Å². The zero-order valence-electron chi connectivity index (χ0n) is 6.23. The van der Waals surface area contributed by atoms with Gasteiger partial charge in [0.1, 0.15) is 0 Å². The number of rotatable bonds is 2. The summed E-state index contributed by atoms with van der Waals surface area (Å²) in [7, 11) is 0. The Labute approximate surface area is 51.8 Å². The van der Waals surface area contributed by atoms with Gasteiger partial charge in [0.15, 0.2) is 0 Å². The van der Waals surface area contributed by atoms with Gasteiger partial charge in [0.2, 0.25) is 0 Å². The van der Waals surface area contributed by atoms with E-state index in [-0.39, 0.29) is 5.54 Å². The third kappa shape index (κ3) is 1.65. The van der Waals surface area contributed by atoms with Crippen molar-refractivity contribution in [2.75, 3.05) is 0 Å². The van der Waals surface area contributed by atoms with Crippen molar-refractivity contribution in [2.45, 2.75) is 33.2 Å². The SMILES string of the molecule is C=NC(C)(C)C(C)C. The molecule has 0 spiro atoms. The molecule has 0 saturated carbocycles. The lowest BCUT2D eigenvalue weighted by molar-refractivity contribution is 0.379. The van der Waals surface area contributed by atoms with Gasteiger partial charge in [-0.15, -0.1) is 0 Å². The van der Waals surface area contributed by atoms with Crippen molar-refractivity contribution in [3.8, 4) is 0 Å². The molecular formula is C7H15N. The van der Waals surface area contributed by atoms with Crippen LogP contribution >= 0.6 is 0 Å². The molecule has 1 nitrogen and oxygen atoms in total. The molecule has 0 aliphatic carbocycles. The highest BCUT2D eigenvalue weighted by atomic mass is 14.8. The predicted octanol–water partition coefficient (Wildman–Crippen LogP) is 2.12. The Morgan fingerprint density at radius 1 is 1.38 bits per heavy atom. The molecule has 0 N–H and O–H groups in total. The molecule has 0 aromatic carbocycles. The highest BCUT2D eigenvalue weighted by Gasteiger charge is 2.18. The van der Waals surface area contributed by atoms with E-state index in [0.717, 1.165) is 0 Å². The van der Waals surface area contributed by atoms with Gasteiger partial charge in [0, 0.05) is 0 Å². The van der Waals surface area contributed by atoms with Crippen LogP contribution in [0.1, 0.15) is 27.7 Å². The monoisotopic (exact) mass is 113 g/mol. The summed E-state index contributed by atoms with van der Waals surface area (Å²) in [6, 6.07) is 0. The first kappa shape index (κ1) is 7.67. The van der Waals surface area contributed by atoms with Gasteiger partial charge >= 0.3 is 0 Å². The minimum absolute atomic E-state index is 0.0556. The minimum atomic E-state index is 0.0556. The summed E-state index contributed by atoms with van der Waals surface area (Å²) in [6.07, 6.45) is 0. The average Bonchev–Trinajstić information content (AvgIpc) is 1.67. The fraction of sp³-hybridized carbons (Fsp3) is 0.857. The van der Waals surface area contributed by atoms with Crippen LogP contribution in [0.4, 0.5) is 0 Å². The number of hydrogen-bond donors (Lipinski definition) is 0. The van der Waals surface area contributed by atoms with Crippen LogP contribution in [0.2, 0.25) is 0 Å². The fourth-order valence-corrected chi connectivity index (χ4v) is 0.183. The van der Waals surface area contributed by atoms with Gasteiger partial charge in [-0.2, -0.15) is 0 Å². The standard InChI is InChI=1S/C7H15N/c1-6(2)7(3,4)8-5/h6H,5H2,1-4H3. The number of nitrogens with zero attached hydrogens (tertiary/aromatic N) is 1. The van der Waals surface area contributed by atoms with Gasteiger partial charge in [-0.1, -0.05) is 13.8 Å². The summed E-state index contributed by atoms with van der Waals surface area (Å²) in [5.41, 5.74) is 0.0556. The second kappa shape index (κ2) is 2.29. The lowest BCUT2D eigenvalue weighted by Crippen LogP contribution is -2.23. The molecule has 0 unspecified atom stereocenters. The molecule has 0 aliphatic heterocycles. The summed E-state index contributed by atoms with van der Waals surface area (Å²) in [5, 5.41) is 0. The van der Waals surface area contributed by atoms with E-state index in [0.29, 0.717) is 5.92 Å². The third-order valence-corrected chi connectivity index (χ3v) is 1.82. The van der Waals surface area contributed by atoms with E-state index >= 15 is 0 Å². The van der Waals surface area contributed by atoms with Crippen molar-refractivity contribution >= 4 is 6.72 Å². The molecule has 0 bridgehead atoms. The zero-order chi connectivity index (χ0) is 6.78. The van der Waals surface area contributed by atoms with Crippen LogP contribution in [-0.2, 0) is 0 Å². The first-order chi connectivity index (χ1) is 3.50. The average molecular weight is 113 g/mol. The molecule has 0 atom stereocenters. The second-order valence-electron chi connectivity index (χ2n) is 2.97. The molecule has 0 aromatic heterocycles. The predicted molar refractivity (Wildman–Crippen MR) is 38.5 cm³/mol. The van der Waals surface area contributed by atoms with Crippen LogP contribution in [0.25, 0.3) is 0 Å². The van der Waals surface area contributed by atoms with E-state index < -0.39 is 0 Å². The van der Waals surface area contributed by atoms with Crippen molar-refractivity contribution in [3.63, 3.8) is 0 Å². The minimum Gasteiger partial charge on any atom is -0.295 e. The molecule has 1 heteroatoms. The van der Waals surface area contributed by atoms with Gasteiger partial charge in [-0.25, -0.2) is 0 Å².